The summed E-state index contributed by atoms with van der Waals surface area (Å²) in [5.41, 5.74) is -4.52. The van der Waals surface area contributed by atoms with E-state index in [1.54, 1.807) is 27.0 Å². The highest BCUT2D eigenvalue weighted by atomic mass is 32.2. The molecular weight excluding hydrogens is 391 g/mol. The van der Waals surface area contributed by atoms with Gasteiger partial charge < -0.3 is 19.5 Å². The molecule has 0 aromatic rings. The number of carbonyl (C=O) groups excluding carboxylic acids is 1. The molecule has 1 saturated heterocycles. The van der Waals surface area contributed by atoms with Crippen molar-refractivity contribution in [3.63, 3.8) is 0 Å². The SMILES string of the molecule is CSC(=S)OC1(C(F)(F)F)COC12CCC(NC(=O)OC(C)(C)C)CC2. The summed E-state index contributed by atoms with van der Waals surface area (Å²) in [6.45, 7) is 4.66. The topological polar surface area (TPSA) is 56.8 Å². The Morgan fingerprint density at radius 1 is 1.27 bits per heavy atom. The van der Waals surface area contributed by atoms with E-state index in [1.807, 2.05) is 0 Å². The number of halogens is 3. The van der Waals surface area contributed by atoms with Crippen molar-refractivity contribution in [2.45, 2.75) is 75.5 Å². The Morgan fingerprint density at radius 2 is 1.85 bits per heavy atom. The molecule has 0 radical (unpaired) electrons. The molecule has 1 aliphatic carbocycles. The summed E-state index contributed by atoms with van der Waals surface area (Å²) in [6.07, 6.45) is -2.70. The molecule has 0 aromatic heterocycles. The lowest BCUT2D eigenvalue weighted by atomic mass is 9.67. The molecule has 1 amide bonds. The lowest BCUT2D eigenvalue weighted by Gasteiger charge is -2.59. The van der Waals surface area contributed by atoms with E-state index in [-0.39, 0.29) is 23.3 Å². The number of hydrogen-bond acceptors (Lipinski definition) is 6. The van der Waals surface area contributed by atoms with Crippen LogP contribution in [0.4, 0.5) is 18.0 Å². The molecule has 1 spiro atoms. The van der Waals surface area contributed by atoms with E-state index in [2.05, 4.69) is 5.32 Å². The lowest BCUT2D eigenvalue weighted by molar-refractivity contribution is -0.404. The van der Waals surface area contributed by atoms with E-state index in [1.165, 1.54) is 0 Å². The zero-order valence-corrected chi connectivity index (χ0v) is 16.8. The Bertz CT molecular complexity index is 557. The first-order valence-corrected chi connectivity index (χ1v) is 9.95. The van der Waals surface area contributed by atoms with Crippen LogP contribution in [0.25, 0.3) is 0 Å². The summed E-state index contributed by atoms with van der Waals surface area (Å²) < 4.78 is 57.1. The number of amides is 1. The zero-order chi connectivity index (χ0) is 19.8. The lowest BCUT2D eigenvalue weighted by Crippen LogP contribution is -2.77. The number of thiocarbonyl (C=S) groups is 1. The smallest absolute Gasteiger partial charge is 0.433 e. The summed E-state index contributed by atoms with van der Waals surface area (Å²) in [5.74, 6) is 0. The fourth-order valence-corrected chi connectivity index (χ4v) is 3.73. The van der Waals surface area contributed by atoms with Crippen LogP contribution >= 0.6 is 24.0 Å². The van der Waals surface area contributed by atoms with Gasteiger partial charge in [-0.1, -0.05) is 11.8 Å². The quantitative estimate of drug-likeness (QED) is 0.683. The summed E-state index contributed by atoms with van der Waals surface area (Å²) in [7, 11) is 0. The number of alkyl carbamates (subject to hydrolysis) is 1. The average molecular weight is 415 g/mol. The van der Waals surface area contributed by atoms with Crippen molar-refractivity contribution >= 4 is 34.5 Å². The predicted molar refractivity (Wildman–Crippen MR) is 96.3 cm³/mol. The summed E-state index contributed by atoms with van der Waals surface area (Å²) in [4.78, 5) is 11.9. The Labute approximate surface area is 160 Å². The minimum Gasteiger partial charge on any atom is -0.457 e. The van der Waals surface area contributed by atoms with Crippen LogP contribution in [0.5, 0.6) is 0 Å². The fourth-order valence-electron chi connectivity index (χ4n) is 3.36. The Hall–Kier alpha value is -0.740. The predicted octanol–water partition coefficient (Wildman–Crippen LogP) is 4.19. The highest BCUT2D eigenvalue weighted by Gasteiger charge is 2.77. The van der Waals surface area contributed by atoms with Gasteiger partial charge in [-0.15, -0.1) is 0 Å². The molecule has 26 heavy (non-hydrogen) atoms. The Kier molecular flexibility index (Phi) is 6.09. The van der Waals surface area contributed by atoms with Gasteiger partial charge in [0, 0.05) is 6.04 Å². The molecule has 1 saturated carbocycles. The van der Waals surface area contributed by atoms with E-state index in [4.69, 9.17) is 26.4 Å². The van der Waals surface area contributed by atoms with Crippen LogP contribution in [0.1, 0.15) is 46.5 Å². The minimum atomic E-state index is -4.60. The third-order valence-electron chi connectivity index (χ3n) is 4.68. The molecule has 150 valence electrons. The van der Waals surface area contributed by atoms with Gasteiger partial charge in [0.1, 0.15) is 11.2 Å². The van der Waals surface area contributed by atoms with E-state index in [0.717, 1.165) is 11.8 Å². The van der Waals surface area contributed by atoms with Crippen molar-refractivity contribution < 1.29 is 32.2 Å². The third-order valence-corrected chi connectivity index (χ3v) is 5.68. The second kappa shape index (κ2) is 7.35. The normalized spacial score (nSPS) is 31.9. The summed E-state index contributed by atoms with van der Waals surface area (Å²) in [5, 5.41) is 2.71. The number of thioether (sulfide) groups is 1. The van der Waals surface area contributed by atoms with Crippen LogP contribution in [-0.4, -0.2) is 52.4 Å². The largest absolute Gasteiger partial charge is 0.457 e. The molecule has 2 rings (SSSR count). The second-order valence-corrected chi connectivity index (χ2v) is 8.99. The highest BCUT2D eigenvalue weighted by molar-refractivity contribution is 8.22. The summed E-state index contributed by atoms with van der Waals surface area (Å²) in [6, 6.07) is -0.266. The molecule has 1 N–H and O–H groups in total. The number of alkyl halides is 3. The van der Waals surface area contributed by atoms with Crippen molar-refractivity contribution in [1.29, 1.82) is 0 Å². The molecule has 5 nitrogen and oxygen atoms in total. The molecule has 1 heterocycles. The molecule has 1 unspecified atom stereocenters. The van der Waals surface area contributed by atoms with Gasteiger partial charge in [-0.2, -0.15) is 13.2 Å². The van der Waals surface area contributed by atoms with Crippen LogP contribution in [0.15, 0.2) is 0 Å². The van der Waals surface area contributed by atoms with Crippen LogP contribution in [0.3, 0.4) is 0 Å². The van der Waals surface area contributed by atoms with Gasteiger partial charge >= 0.3 is 12.3 Å². The molecular formula is C16H24F3NO4S2. The van der Waals surface area contributed by atoms with E-state index >= 15 is 0 Å². The van der Waals surface area contributed by atoms with Crippen molar-refractivity contribution in [3.8, 4) is 0 Å². The molecule has 0 aromatic carbocycles. The van der Waals surface area contributed by atoms with Crippen LogP contribution < -0.4 is 5.32 Å². The number of hydrogen-bond donors (Lipinski definition) is 1. The maximum Gasteiger partial charge on any atom is 0.433 e. The summed E-state index contributed by atoms with van der Waals surface area (Å²) >= 11 is 5.83. The van der Waals surface area contributed by atoms with Crippen molar-refractivity contribution in [2.24, 2.45) is 0 Å². The van der Waals surface area contributed by atoms with E-state index in [0.29, 0.717) is 12.8 Å². The van der Waals surface area contributed by atoms with E-state index in [9.17, 15) is 18.0 Å². The number of ether oxygens (including phenoxy) is 3. The molecule has 10 heteroatoms. The van der Waals surface area contributed by atoms with Gasteiger partial charge in [-0.3, -0.25) is 0 Å². The van der Waals surface area contributed by atoms with Crippen molar-refractivity contribution in [2.75, 3.05) is 12.9 Å². The monoisotopic (exact) mass is 415 g/mol. The maximum absolute atomic E-state index is 13.8. The van der Waals surface area contributed by atoms with Gasteiger partial charge in [0.25, 0.3) is 5.60 Å². The van der Waals surface area contributed by atoms with Gasteiger partial charge in [0.05, 0.1) is 6.61 Å². The van der Waals surface area contributed by atoms with Crippen LogP contribution in [0.2, 0.25) is 0 Å². The third kappa shape index (κ3) is 4.22. The number of nitrogens with one attached hydrogen (secondary N) is 1. The van der Waals surface area contributed by atoms with E-state index < -0.39 is 35.7 Å². The van der Waals surface area contributed by atoms with Crippen molar-refractivity contribution in [3.05, 3.63) is 0 Å². The van der Waals surface area contributed by atoms with Gasteiger partial charge in [0.2, 0.25) is 4.38 Å². The van der Waals surface area contributed by atoms with Gasteiger partial charge in [-0.25, -0.2) is 4.79 Å². The minimum absolute atomic E-state index is 0.115. The molecule has 1 atom stereocenters. The first-order valence-electron chi connectivity index (χ1n) is 8.31. The molecule has 1 aliphatic heterocycles. The first-order chi connectivity index (χ1) is 11.8. The molecule has 2 aliphatic rings. The highest BCUT2D eigenvalue weighted by Crippen LogP contribution is 2.57. The molecule has 0 bridgehead atoms. The van der Waals surface area contributed by atoms with Crippen molar-refractivity contribution in [1.82, 2.24) is 5.32 Å². The Morgan fingerprint density at radius 3 is 2.23 bits per heavy atom. The second-order valence-electron chi connectivity index (χ2n) is 7.58. The average Bonchev–Trinajstić information content (AvgIpc) is 2.48. The van der Waals surface area contributed by atoms with Gasteiger partial charge in [-0.05, 0) is 64.9 Å². The molecule has 2 fully saturated rings. The zero-order valence-electron chi connectivity index (χ0n) is 15.2. The number of rotatable bonds is 2. The number of carbonyl (C=O) groups is 1. The van der Waals surface area contributed by atoms with Crippen LogP contribution in [-0.2, 0) is 14.2 Å². The first kappa shape index (κ1) is 21.6. The van der Waals surface area contributed by atoms with Crippen LogP contribution in [0, 0.1) is 0 Å². The standard InChI is InChI=1S/C16H24F3NO4S2/c1-13(2,3)23-11(21)20-10-5-7-14(8-6-10)15(9-22-14,16(17,18)19)24-12(25)26-4/h10H,5-9H2,1-4H3,(H,20,21). The maximum atomic E-state index is 13.8. The Balaban J connectivity index is 2.04. The van der Waals surface area contributed by atoms with Gasteiger partial charge in [0.15, 0.2) is 0 Å². The fraction of sp³-hybridized carbons (Fsp3) is 0.875.